The van der Waals surface area contributed by atoms with E-state index in [2.05, 4.69) is 9.88 Å². The van der Waals surface area contributed by atoms with Crippen molar-refractivity contribution in [3.05, 3.63) is 70.7 Å². The summed E-state index contributed by atoms with van der Waals surface area (Å²) in [6.45, 7) is 1.63. The van der Waals surface area contributed by atoms with Crippen LogP contribution in [0.3, 0.4) is 0 Å². The van der Waals surface area contributed by atoms with Gasteiger partial charge in [0.2, 0.25) is 0 Å². The normalized spacial score (nSPS) is 16.6. The molecule has 9 heteroatoms. The quantitative estimate of drug-likeness (QED) is 0.246. The molecule has 1 fully saturated rings. The molecule has 1 aliphatic heterocycles. The highest BCUT2D eigenvalue weighted by Crippen LogP contribution is 2.41. The van der Waals surface area contributed by atoms with E-state index in [0.29, 0.717) is 79.2 Å². The predicted octanol–water partition coefficient (Wildman–Crippen LogP) is 5.65. The number of aromatic nitrogens is 1. The van der Waals surface area contributed by atoms with Crippen LogP contribution < -0.4 is 4.74 Å². The lowest BCUT2D eigenvalue weighted by Crippen LogP contribution is -2.42. The van der Waals surface area contributed by atoms with Crippen LogP contribution in [0.2, 0.25) is 0 Å². The highest BCUT2D eigenvalue weighted by molar-refractivity contribution is 5.85. The summed E-state index contributed by atoms with van der Waals surface area (Å²) < 4.78 is 61.8. The maximum Gasteiger partial charge on any atom is 0.162 e. The van der Waals surface area contributed by atoms with Crippen LogP contribution in [0.1, 0.15) is 55.0 Å². The summed E-state index contributed by atoms with van der Waals surface area (Å²) >= 11 is 0. The number of rotatable bonds is 11. The fourth-order valence-corrected chi connectivity index (χ4v) is 5.46. The number of benzene rings is 2. The van der Waals surface area contributed by atoms with Gasteiger partial charge >= 0.3 is 0 Å². The first-order valence-electron chi connectivity index (χ1n) is 13.0. The molecule has 2 aromatic carbocycles. The lowest BCUT2D eigenvalue weighted by Gasteiger charge is -2.41. The monoisotopic (exact) mass is 534 g/mol. The summed E-state index contributed by atoms with van der Waals surface area (Å²) in [6, 6.07) is 6.82. The van der Waals surface area contributed by atoms with Crippen LogP contribution in [0.4, 0.5) is 17.6 Å². The van der Waals surface area contributed by atoms with Gasteiger partial charge in [0.05, 0.1) is 19.2 Å². The zero-order valence-electron chi connectivity index (χ0n) is 21.5. The van der Waals surface area contributed by atoms with Gasteiger partial charge in [-0.2, -0.15) is 0 Å². The van der Waals surface area contributed by atoms with E-state index >= 15 is 4.39 Å². The lowest BCUT2D eigenvalue weighted by molar-refractivity contribution is 0.0299. The number of hydrogen-bond acceptors (Lipinski definition) is 5. The fraction of sp³-hybridized carbons (Fsp3) is 0.483. The lowest BCUT2D eigenvalue weighted by atomic mass is 9.74. The van der Waals surface area contributed by atoms with Crippen molar-refractivity contribution in [2.75, 3.05) is 33.4 Å². The Labute approximate surface area is 220 Å². The van der Waals surface area contributed by atoms with E-state index in [0.717, 1.165) is 6.07 Å². The number of aryl methyl sites for hydroxylation is 1. The van der Waals surface area contributed by atoms with Crippen molar-refractivity contribution in [1.82, 2.24) is 9.88 Å². The molecule has 1 aliphatic rings. The van der Waals surface area contributed by atoms with E-state index < -0.39 is 29.0 Å². The Hall–Kier alpha value is -2.75. The Morgan fingerprint density at radius 1 is 1.08 bits per heavy atom. The fourth-order valence-electron chi connectivity index (χ4n) is 5.46. The molecule has 0 amide bonds. The van der Waals surface area contributed by atoms with Crippen LogP contribution in [0.15, 0.2) is 36.5 Å². The second kappa shape index (κ2) is 12.4. The molecule has 206 valence electrons. The van der Waals surface area contributed by atoms with Crippen LogP contribution >= 0.6 is 0 Å². The number of aliphatic hydroxyl groups excluding tert-OH is 2. The van der Waals surface area contributed by atoms with Crippen molar-refractivity contribution in [3.8, 4) is 5.75 Å². The zero-order chi connectivity index (χ0) is 27.3. The highest BCUT2D eigenvalue weighted by atomic mass is 19.2. The van der Waals surface area contributed by atoms with Gasteiger partial charge in [0.15, 0.2) is 11.6 Å². The van der Waals surface area contributed by atoms with Crippen molar-refractivity contribution in [2.45, 2.75) is 51.3 Å². The first-order chi connectivity index (χ1) is 18.3. The Kier molecular flexibility index (Phi) is 9.23. The number of methoxy groups -OCH3 is 1. The first kappa shape index (κ1) is 28.3. The van der Waals surface area contributed by atoms with Gasteiger partial charge in [0.1, 0.15) is 17.7 Å². The van der Waals surface area contributed by atoms with Crippen LogP contribution in [0.25, 0.3) is 10.9 Å². The summed E-state index contributed by atoms with van der Waals surface area (Å²) in [5.41, 5.74) is 1.07. The van der Waals surface area contributed by atoms with Gasteiger partial charge in [-0.25, -0.2) is 17.6 Å². The Bertz CT molecular complexity index is 1240. The van der Waals surface area contributed by atoms with E-state index in [1.165, 1.54) is 13.3 Å². The number of ether oxygens (including phenoxy) is 1. The van der Waals surface area contributed by atoms with E-state index in [9.17, 15) is 23.4 Å². The molecular formula is C29H34F4N2O3. The van der Waals surface area contributed by atoms with Gasteiger partial charge in [-0.05, 0) is 93.4 Å². The molecule has 1 saturated heterocycles. The minimum absolute atomic E-state index is 0.0294. The summed E-state index contributed by atoms with van der Waals surface area (Å²) in [4.78, 5) is 6.51. The van der Waals surface area contributed by atoms with Crippen molar-refractivity contribution in [1.29, 1.82) is 0 Å². The van der Waals surface area contributed by atoms with Gasteiger partial charge < -0.3 is 19.8 Å². The number of likely N-dealkylation sites (tertiary alicyclic amines) is 1. The van der Waals surface area contributed by atoms with E-state index in [4.69, 9.17) is 4.74 Å². The maximum absolute atomic E-state index is 15.7. The number of fused-ring (bicyclic) bond motifs is 1. The number of nitrogens with zero attached hydrogens (tertiary/aromatic N) is 2. The molecule has 0 saturated carbocycles. The Morgan fingerprint density at radius 2 is 1.84 bits per heavy atom. The molecule has 0 unspecified atom stereocenters. The summed E-state index contributed by atoms with van der Waals surface area (Å²) in [5, 5.41) is 20.7. The second-order valence-corrected chi connectivity index (χ2v) is 10.2. The minimum atomic E-state index is -1.35. The number of halogens is 4. The van der Waals surface area contributed by atoms with Crippen LogP contribution in [-0.2, 0) is 13.0 Å². The third-order valence-electron chi connectivity index (χ3n) is 7.85. The summed E-state index contributed by atoms with van der Waals surface area (Å²) in [7, 11) is 1.54. The number of alkyl halides is 1. The molecule has 0 radical (unpaired) electrons. The largest absolute Gasteiger partial charge is 0.497 e. The van der Waals surface area contributed by atoms with E-state index in [-0.39, 0.29) is 31.6 Å². The number of pyridine rings is 1. The van der Waals surface area contributed by atoms with E-state index in [1.807, 2.05) is 0 Å². The standard InChI is InChI=1S/C29H34F4N2O3/c1-38-22-4-5-26-23(15-22)27(20(17-36)16-34-26)24(31)6-7-29(18-37)8-11-35(12-9-29)10-2-3-19-13-21(30)14-25(32)28(19)33/h4-5,13-16,24,36-37H,2-3,6-12,17-18H2,1H3/t24-/m1/s1. The van der Waals surface area contributed by atoms with Crippen molar-refractivity contribution in [2.24, 2.45) is 5.41 Å². The topological polar surface area (TPSA) is 65.8 Å². The average Bonchev–Trinajstić information content (AvgIpc) is 2.94. The van der Waals surface area contributed by atoms with Gasteiger partial charge in [-0.1, -0.05) is 0 Å². The SMILES string of the molecule is COc1ccc2ncc(CO)c([C@H](F)CCC3(CO)CCN(CCCc4cc(F)cc(F)c4F)CC3)c2c1. The number of piperidine rings is 1. The molecule has 5 nitrogen and oxygen atoms in total. The molecule has 1 atom stereocenters. The summed E-state index contributed by atoms with van der Waals surface area (Å²) in [6.07, 6.45) is 2.94. The smallest absolute Gasteiger partial charge is 0.162 e. The van der Waals surface area contributed by atoms with E-state index in [1.54, 1.807) is 18.2 Å². The van der Waals surface area contributed by atoms with Gasteiger partial charge in [-0.15, -0.1) is 0 Å². The van der Waals surface area contributed by atoms with Crippen molar-refractivity contribution < 1.29 is 32.5 Å². The second-order valence-electron chi connectivity index (χ2n) is 10.2. The number of hydrogen-bond donors (Lipinski definition) is 2. The molecule has 3 aromatic rings. The molecule has 0 aliphatic carbocycles. The predicted molar refractivity (Wildman–Crippen MR) is 137 cm³/mol. The minimum Gasteiger partial charge on any atom is -0.497 e. The maximum atomic E-state index is 15.7. The molecule has 0 spiro atoms. The first-order valence-corrected chi connectivity index (χ1v) is 13.0. The highest BCUT2D eigenvalue weighted by Gasteiger charge is 2.35. The molecule has 38 heavy (non-hydrogen) atoms. The third kappa shape index (κ3) is 6.27. The zero-order valence-corrected chi connectivity index (χ0v) is 21.5. The van der Waals surface area contributed by atoms with Crippen molar-refractivity contribution >= 4 is 10.9 Å². The molecule has 0 bridgehead atoms. The van der Waals surface area contributed by atoms with Gasteiger partial charge in [0, 0.05) is 35.4 Å². The van der Waals surface area contributed by atoms with Crippen LogP contribution in [-0.4, -0.2) is 53.4 Å². The average molecular weight is 535 g/mol. The van der Waals surface area contributed by atoms with Gasteiger partial charge in [-0.3, -0.25) is 4.98 Å². The summed E-state index contributed by atoms with van der Waals surface area (Å²) in [5.74, 6) is -2.40. The molecule has 2 N–H and O–H groups in total. The third-order valence-corrected chi connectivity index (χ3v) is 7.85. The van der Waals surface area contributed by atoms with Crippen LogP contribution in [0.5, 0.6) is 5.75 Å². The molecular weight excluding hydrogens is 500 g/mol. The molecule has 2 heterocycles. The Balaban J connectivity index is 1.35. The van der Waals surface area contributed by atoms with Crippen molar-refractivity contribution in [3.63, 3.8) is 0 Å². The molecule has 4 rings (SSSR count). The Morgan fingerprint density at radius 3 is 2.53 bits per heavy atom. The van der Waals surface area contributed by atoms with Gasteiger partial charge in [0.25, 0.3) is 0 Å². The number of aliphatic hydroxyl groups is 2. The van der Waals surface area contributed by atoms with Crippen LogP contribution in [0, 0.1) is 22.9 Å². The molecule has 1 aromatic heterocycles.